The number of amides is 1. The van der Waals surface area contributed by atoms with E-state index in [1.807, 2.05) is 18.7 Å². The molecule has 0 spiro atoms. The molecule has 0 N–H and O–H groups in total. The molecule has 1 fully saturated rings. The van der Waals surface area contributed by atoms with E-state index >= 15 is 0 Å². The van der Waals surface area contributed by atoms with Crippen LogP contribution in [-0.2, 0) is 0 Å². The largest absolute Gasteiger partial charge is 0.459 e. The maximum Gasteiger partial charge on any atom is 0.290 e. The van der Waals surface area contributed by atoms with Gasteiger partial charge < -0.3 is 13.8 Å². The normalized spacial score (nSPS) is 19.1. The van der Waals surface area contributed by atoms with E-state index in [0.717, 1.165) is 36.4 Å². The Bertz CT molecular complexity index is 566. The monoisotopic (exact) mass is 260 g/mol. The topological polar surface area (TPSA) is 59.5 Å². The second-order valence-electron chi connectivity index (χ2n) is 4.87. The molecule has 1 aliphatic rings. The fourth-order valence-corrected chi connectivity index (χ4v) is 2.82. The molecule has 0 aromatic carbocycles. The van der Waals surface area contributed by atoms with Crippen LogP contribution in [-0.4, -0.2) is 22.5 Å². The van der Waals surface area contributed by atoms with Crippen molar-refractivity contribution in [3.8, 4) is 0 Å². The summed E-state index contributed by atoms with van der Waals surface area (Å²) in [5.74, 6) is 1.12. The quantitative estimate of drug-likeness (QED) is 0.833. The highest BCUT2D eigenvalue weighted by atomic mass is 16.5. The summed E-state index contributed by atoms with van der Waals surface area (Å²) in [6.45, 7) is 4.55. The van der Waals surface area contributed by atoms with Crippen molar-refractivity contribution in [2.75, 3.05) is 6.54 Å². The molecule has 1 atom stereocenters. The minimum absolute atomic E-state index is 0.0452. The molecule has 0 unspecified atom stereocenters. The number of hydrogen-bond donors (Lipinski definition) is 0. The highest BCUT2D eigenvalue weighted by Crippen LogP contribution is 2.36. The fraction of sp³-hybridized carbons (Fsp3) is 0.429. The highest BCUT2D eigenvalue weighted by Gasteiger charge is 2.35. The van der Waals surface area contributed by atoms with Gasteiger partial charge in [-0.3, -0.25) is 4.79 Å². The average Bonchev–Trinajstić information content (AvgIpc) is 3.10. The van der Waals surface area contributed by atoms with Crippen LogP contribution in [0.5, 0.6) is 0 Å². The Kier molecular flexibility index (Phi) is 2.89. The molecule has 5 nitrogen and oxygen atoms in total. The van der Waals surface area contributed by atoms with Gasteiger partial charge in [0.05, 0.1) is 18.0 Å². The van der Waals surface area contributed by atoms with E-state index in [4.69, 9.17) is 8.94 Å². The van der Waals surface area contributed by atoms with E-state index in [2.05, 4.69) is 5.16 Å². The molecule has 0 bridgehead atoms. The van der Waals surface area contributed by atoms with Gasteiger partial charge in [-0.25, -0.2) is 0 Å². The fourth-order valence-electron chi connectivity index (χ4n) is 2.82. The number of aromatic nitrogens is 1. The summed E-state index contributed by atoms with van der Waals surface area (Å²) >= 11 is 0. The molecule has 5 heteroatoms. The number of furan rings is 1. The van der Waals surface area contributed by atoms with Crippen LogP contribution in [0, 0.1) is 13.8 Å². The Balaban J connectivity index is 1.92. The minimum Gasteiger partial charge on any atom is -0.459 e. The maximum absolute atomic E-state index is 12.4. The zero-order chi connectivity index (χ0) is 13.4. The summed E-state index contributed by atoms with van der Waals surface area (Å²) < 4.78 is 10.4. The van der Waals surface area contributed by atoms with Crippen LogP contribution < -0.4 is 0 Å². The van der Waals surface area contributed by atoms with Crippen molar-refractivity contribution >= 4 is 5.91 Å². The Labute approximate surface area is 111 Å². The minimum atomic E-state index is -0.0625. The first kappa shape index (κ1) is 12.0. The van der Waals surface area contributed by atoms with Gasteiger partial charge in [0.15, 0.2) is 5.76 Å². The Morgan fingerprint density at radius 1 is 1.47 bits per heavy atom. The van der Waals surface area contributed by atoms with Gasteiger partial charge in [0.1, 0.15) is 5.76 Å². The van der Waals surface area contributed by atoms with Crippen LogP contribution in [0.4, 0.5) is 0 Å². The molecular formula is C14H16N2O3. The second kappa shape index (κ2) is 4.57. The van der Waals surface area contributed by atoms with Gasteiger partial charge >= 0.3 is 0 Å². The van der Waals surface area contributed by atoms with E-state index in [-0.39, 0.29) is 11.9 Å². The van der Waals surface area contributed by atoms with Crippen molar-refractivity contribution in [1.29, 1.82) is 0 Å². The molecule has 1 saturated heterocycles. The number of aryl methyl sites for hydroxylation is 2. The third kappa shape index (κ3) is 1.95. The lowest BCUT2D eigenvalue weighted by Gasteiger charge is -2.23. The number of carbonyl (C=O) groups is 1. The smallest absolute Gasteiger partial charge is 0.290 e. The van der Waals surface area contributed by atoms with Crippen molar-refractivity contribution in [3.63, 3.8) is 0 Å². The number of likely N-dealkylation sites (tertiary alicyclic amines) is 1. The molecule has 19 heavy (non-hydrogen) atoms. The van der Waals surface area contributed by atoms with Gasteiger partial charge in [-0.15, -0.1) is 0 Å². The molecule has 3 rings (SSSR count). The highest BCUT2D eigenvalue weighted by molar-refractivity contribution is 5.92. The summed E-state index contributed by atoms with van der Waals surface area (Å²) in [6, 6.07) is 3.48. The lowest BCUT2D eigenvalue weighted by Crippen LogP contribution is -2.30. The van der Waals surface area contributed by atoms with Crippen LogP contribution in [0.15, 0.2) is 27.3 Å². The van der Waals surface area contributed by atoms with E-state index in [0.29, 0.717) is 5.76 Å². The number of carbonyl (C=O) groups excluding carboxylic acids is 1. The van der Waals surface area contributed by atoms with Gasteiger partial charge in [-0.2, -0.15) is 0 Å². The molecule has 0 radical (unpaired) electrons. The third-order valence-electron chi connectivity index (χ3n) is 3.67. The van der Waals surface area contributed by atoms with Gasteiger partial charge in [-0.05, 0) is 38.8 Å². The molecule has 2 aromatic heterocycles. The van der Waals surface area contributed by atoms with Crippen LogP contribution in [0.3, 0.4) is 0 Å². The Hall–Kier alpha value is -2.04. The first-order valence-corrected chi connectivity index (χ1v) is 6.45. The average molecular weight is 260 g/mol. The van der Waals surface area contributed by atoms with Crippen LogP contribution >= 0.6 is 0 Å². The lowest BCUT2D eigenvalue weighted by atomic mass is 10.0. The van der Waals surface area contributed by atoms with Crippen molar-refractivity contribution < 1.29 is 13.7 Å². The van der Waals surface area contributed by atoms with E-state index in [9.17, 15) is 4.79 Å². The van der Waals surface area contributed by atoms with E-state index in [1.54, 1.807) is 12.1 Å². The zero-order valence-corrected chi connectivity index (χ0v) is 11.0. The van der Waals surface area contributed by atoms with Crippen LogP contribution in [0.1, 0.15) is 46.5 Å². The standard InChI is InChI=1S/C14H16N2O3/c1-9-13(10(2)19-15-9)11-5-3-7-16(11)14(17)12-6-4-8-18-12/h4,6,8,11H,3,5,7H2,1-2H3/t11-/m0/s1. The van der Waals surface area contributed by atoms with Crippen LogP contribution in [0.2, 0.25) is 0 Å². The van der Waals surface area contributed by atoms with Crippen molar-refractivity contribution in [2.45, 2.75) is 32.7 Å². The van der Waals surface area contributed by atoms with Crippen molar-refractivity contribution in [2.24, 2.45) is 0 Å². The SMILES string of the molecule is Cc1noc(C)c1[C@@H]1CCCN1C(=O)c1ccco1. The van der Waals surface area contributed by atoms with Crippen LogP contribution in [0.25, 0.3) is 0 Å². The molecule has 2 aromatic rings. The van der Waals surface area contributed by atoms with Gasteiger partial charge in [0.2, 0.25) is 0 Å². The predicted octanol–water partition coefficient (Wildman–Crippen LogP) is 2.86. The van der Waals surface area contributed by atoms with Gasteiger partial charge in [-0.1, -0.05) is 5.16 Å². The molecule has 100 valence electrons. The first-order valence-electron chi connectivity index (χ1n) is 6.45. The number of nitrogens with zero attached hydrogens (tertiary/aromatic N) is 2. The molecule has 0 saturated carbocycles. The molecule has 0 aliphatic carbocycles. The molecule has 1 amide bonds. The van der Waals surface area contributed by atoms with Crippen molar-refractivity contribution in [1.82, 2.24) is 10.1 Å². The second-order valence-corrected chi connectivity index (χ2v) is 4.87. The first-order chi connectivity index (χ1) is 9.18. The van der Waals surface area contributed by atoms with E-state index in [1.165, 1.54) is 6.26 Å². The maximum atomic E-state index is 12.4. The van der Waals surface area contributed by atoms with Gasteiger partial charge in [0.25, 0.3) is 5.91 Å². The lowest BCUT2D eigenvalue weighted by molar-refractivity contribution is 0.0702. The third-order valence-corrected chi connectivity index (χ3v) is 3.67. The number of hydrogen-bond acceptors (Lipinski definition) is 4. The van der Waals surface area contributed by atoms with Crippen molar-refractivity contribution in [3.05, 3.63) is 41.2 Å². The zero-order valence-electron chi connectivity index (χ0n) is 11.0. The molecule has 3 heterocycles. The summed E-state index contributed by atoms with van der Waals surface area (Å²) in [4.78, 5) is 14.3. The summed E-state index contributed by atoms with van der Waals surface area (Å²) in [7, 11) is 0. The predicted molar refractivity (Wildman–Crippen MR) is 67.7 cm³/mol. The summed E-state index contributed by atoms with van der Waals surface area (Å²) in [5.41, 5.74) is 1.90. The molecule has 1 aliphatic heterocycles. The summed E-state index contributed by atoms with van der Waals surface area (Å²) in [5, 5.41) is 3.98. The molecular weight excluding hydrogens is 244 g/mol. The Morgan fingerprint density at radius 2 is 2.32 bits per heavy atom. The van der Waals surface area contributed by atoms with Gasteiger partial charge in [0, 0.05) is 12.1 Å². The number of rotatable bonds is 2. The van der Waals surface area contributed by atoms with E-state index < -0.39 is 0 Å². The Morgan fingerprint density at radius 3 is 2.95 bits per heavy atom. The summed E-state index contributed by atoms with van der Waals surface area (Å²) in [6.07, 6.45) is 3.45.